The summed E-state index contributed by atoms with van der Waals surface area (Å²) in [5.41, 5.74) is 6.39. The van der Waals surface area contributed by atoms with Gasteiger partial charge in [-0.15, -0.1) is 0 Å². The average molecular weight is 516 g/mol. The second kappa shape index (κ2) is 9.98. The molecule has 0 aliphatic carbocycles. The molecule has 4 rings (SSSR count). The van der Waals surface area contributed by atoms with Crippen LogP contribution < -0.4 is 10.5 Å². The number of hydrogen-bond acceptors (Lipinski definition) is 9. The molecule has 11 heteroatoms. The van der Waals surface area contributed by atoms with Gasteiger partial charge in [-0.25, -0.2) is 18.7 Å². The lowest BCUT2D eigenvalue weighted by molar-refractivity contribution is 0.169. The van der Waals surface area contributed by atoms with Crippen LogP contribution in [0.1, 0.15) is 49.0 Å². The van der Waals surface area contributed by atoms with Gasteiger partial charge in [-0.2, -0.15) is 0 Å². The lowest BCUT2D eigenvalue weighted by Crippen LogP contribution is -2.50. The van der Waals surface area contributed by atoms with Crippen LogP contribution in [0, 0.1) is 18.7 Å². The van der Waals surface area contributed by atoms with Gasteiger partial charge in [-0.3, -0.25) is 4.99 Å². The van der Waals surface area contributed by atoms with Gasteiger partial charge < -0.3 is 20.1 Å². The number of nitrogens with zero attached hydrogens (tertiary/aromatic N) is 4. The minimum atomic E-state index is -1.06. The molecule has 0 amide bonds. The van der Waals surface area contributed by atoms with Crippen molar-refractivity contribution < 1.29 is 23.1 Å². The number of hydrogen-bond donors (Lipinski definition) is 2. The van der Waals surface area contributed by atoms with Crippen molar-refractivity contribution in [3.63, 3.8) is 0 Å². The zero-order chi connectivity index (χ0) is 26.1. The molecule has 3 aromatic rings. The molecule has 3 atom stereocenters. The van der Waals surface area contributed by atoms with Crippen LogP contribution in [0.25, 0.3) is 11.9 Å². The lowest BCUT2D eigenvalue weighted by atomic mass is 9.73. The van der Waals surface area contributed by atoms with E-state index in [9.17, 15) is 5.11 Å². The fourth-order valence-corrected chi connectivity index (χ4v) is 5.30. The predicted molar refractivity (Wildman–Crippen MR) is 134 cm³/mol. The molecule has 1 aliphatic rings. The Kier molecular flexibility index (Phi) is 7.14. The quantitative estimate of drug-likeness (QED) is 0.468. The molecule has 1 aliphatic heterocycles. The van der Waals surface area contributed by atoms with Crippen molar-refractivity contribution in [2.75, 3.05) is 6.61 Å². The summed E-state index contributed by atoms with van der Waals surface area (Å²) in [6, 6.07) is 6.01. The smallest absolute Gasteiger partial charge is 0.232 e. The number of aromatic nitrogens is 3. The molecule has 0 bridgehead atoms. The number of aliphatic hydroxyl groups excluding tert-OH is 1. The highest BCUT2D eigenvalue weighted by Crippen LogP contribution is 2.50. The van der Waals surface area contributed by atoms with Crippen LogP contribution in [-0.2, 0) is 12.1 Å². The monoisotopic (exact) mass is 515 g/mol. The number of rotatable bonds is 7. The third kappa shape index (κ3) is 5.12. The molecule has 0 saturated carbocycles. The SMILES string of the molecule is Cc1cc(COc2cnc(/C(F)=C/c3ccc(F)c([C@@]4(C)N=C(N)S[C@](C)(CO)[C@H]4C)c3)cn2)on1. The summed E-state index contributed by atoms with van der Waals surface area (Å²) in [5.74, 6) is -0.692. The molecule has 0 unspecified atom stereocenters. The summed E-state index contributed by atoms with van der Waals surface area (Å²) < 4.78 is 39.9. The van der Waals surface area contributed by atoms with E-state index in [1.165, 1.54) is 42.4 Å². The van der Waals surface area contributed by atoms with Gasteiger partial charge in [-0.05, 0) is 44.5 Å². The van der Waals surface area contributed by atoms with Crippen molar-refractivity contribution in [1.29, 1.82) is 0 Å². The highest BCUT2D eigenvalue weighted by molar-refractivity contribution is 8.15. The van der Waals surface area contributed by atoms with Crippen LogP contribution in [-0.4, -0.2) is 36.8 Å². The highest BCUT2D eigenvalue weighted by Gasteiger charge is 2.49. The lowest BCUT2D eigenvalue weighted by Gasteiger charge is -2.46. The van der Waals surface area contributed by atoms with E-state index in [4.69, 9.17) is 15.0 Å². The molecule has 3 N–H and O–H groups in total. The minimum absolute atomic E-state index is 0.00694. The molecule has 0 fully saturated rings. The van der Waals surface area contributed by atoms with Gasteiger partial charge in [-0.1, -0.05) is 29.9 Å². The first kappa shape index (κ1) is 25.8. The number of ether oxygens (including phenoxy) is 1. The van der Waals surface area contributed by atoms with Crippen molar-refractivity contribution in [2.45, 2.75) is 44.6 Å². The number of aliphatic hydroxyl groups is 1. The molecule has 8 nitrogen and oxygen atoms in total. The number of halogens is 2. The number of benzene rings is 1. The van der Waals surface area contributed by atoms with Crippen LogP contribution in [0.4, 0.5) is 8.78 Å². The van der Waals surface area contributed by atoms with Crippen molar-refractivity contribution in [2.24, 2.45) is 16.6 Å². The molecule has 3 heterocycles. The third-order valence-electron chi connectivity index (χ3n) is 6.49. The molecular weight excluding hydrogens is 488 g/mol. The van der Waals surface area contributed by atoms with E-state index >= 15 is 8.78 Å². The molecular formula is C25H27F2N5O3S. The molecule has 0 radical (unpaired) electrons. The van der Waals surface area contributed by atoms with Gasteiger partial charge in [0, 0.05) is 22.3 Å². The van der Waals surface area contributed by atoms with Crippen molar-refractivity contribution in [1.82, 2.24) is 15.1 Å². The van der Waals surface area contributed by atoms with E-state index in [0.29, 0.717) is 11.3 Å². The topological polar surface area (TPSA) is 120 Å². The normalized spacial score (nSPS) is 24.5. The first-order valence-electron chi connectivity index (χ1n) is 11.2. The highest BCUT2D eigenvalue weighted by atomic mass is 32.2. The summed E-state index contributed by atoms with van der Waals surface area (Å²) in [7, 11) is 0. The minimum Gasteiger partial charge on any atom is -0.468 e. The van der Waals surface area contributed by atoms with Crippen molar-refractivity contribution in [3.8, 4) is 5.88 Å². The van der Waals surface area contributed by atoms with Gasteiger partial charge in [0.15, 0.2) is 23.4 Å². The van der Waals surface area contributed by atoms with Crippen LogP contribution in [0.3, 0.4) is 0 Å². The second-order valence-electron chi connectivity index (χ2n) is 9.09. The molecule has 190 valence electrons. The van der Waals surface area contributed by atoms with Gasteiger partial charge in [0.25, 0.3) is 0 Å². The van der Waals surface area contributed by atoms with Gasteiger partial charge in [0.2, 0.25) is 5.88 Å². The summed E-state index contributed by atoms with van der Waals surface area (Å²) in [4.78, 5) is 12.7. The number of amidine groups is 1. The summed E-state index contributed by atoms with van der Waals surface area (Å²) in [5, 5.41) is 14.0. The Balaban J connectivity index is 1.57. The number of thioether (sulfide) groups is 1. The average Bonchev–Trinajstić information content (AvgIpc) is 3.27. The maximum Gasteiger partial charge on any atom is 0.232 e. The fourth-order valence-electron chi connectivity index (χ4n) is 4.12. The van der Waals surface area contributed by atoms with E-state index in [2.05, 4.69) is 20.1 Å². The van der Waals surface area contributed by atoms with E-state index in [1.807, 2.05) is 13.8 Å². The van der Waals surface area contributed by atoms with E-state index in [1.54, 1.807) is 26.0 Å². The summed E-state index contributed by atoms with van der Waals surface area (Å²) >= 11 is 1.27. The Morgan fingerprint density at radius 1 is 1.28 bits per heavy atom. The maximum atomic E-state index is 15.0. The van der Waals surface area contributed by atoms with E-state index in [-0.39, 0.29) is 41.4 Å². The Hall–Kier alpha value is -3.31. The largest absolute Gasteiger partial charge is 0.468 e. The fraction of sp³-hybridized carbons (Fsp3) is 0.360. The standard InChI is InChI=1S/C25H27F2N5O3S/c1-14-7-17(35-32-14)12-34-22-11-29-21(10-30-22)20(27)9-16-5-6-19(26)18(8-16)25(4)15(2)24(3,13-33)36-23(28)31-25/h5-11,15,33H,12-13H2,1-4H3,(H2,28,31)/b20-9-/t15-,24-,25+/m1/s1. The molecule has 0 saturated heterocycles. The molecule has 0 spiro atoms. The first-order valence-corrected chi connectivity index (χ1v) is 12.1. The number of aryl methyl sites for hydroxylation is 1. The van der Waals surface area contributed by atoms with Crippen LogP contribution >= 0.6 is 11.8 Å². The second-order valence-corrected chi connectivity index (χ2v) is 10.6. The molecule has 1 aromatic carbocycles. The van der Waals surface area contributed by atoms with Crippen LogP contribution in [0.2, 0.25) is 0 Å². The zero-order valence-corrected chi connectivity index (χ0v) is 21.1. The summed E-state index contributed by atoms with van der Waals surface area (Å²) in [6.07, 6.45) is 3.79. The molecule has 2 aromatic heterocycles. The maximum absolute atomic E-state index is 15.0. The zero-order valence-electron chi connectivity index (χ0n) is 20.3. The van der Waals surface area contributed by atoms with Gasteiger partial charge >= 0.3 is 0 Å². The van der Waals surface area contributed by atoms with Gasteiger partial charge in [0.05, 0.1) is 30.2 Å². The van der Waals surface area contributed by atoms with Crippen molar-refractivity contribution >= 4 is 28.8 Å². The van der Waals surface area contributed by atoms with E-state index < -0.39 is 21.9 Å². The van der Waals surface area contributed by atoms with Crippen LogP contribution in [0.5, 0.6) is 5.88 Å². The Labute approximate surface area is 211 Å². The Bertz CT molecular complexity index is 1310. The first-order chi connectivity index (χ1) is 17.0. The Morgan fingerprint density at radius 2 is 2.06 bits per heavy atom. The molecule has 36 heavy (non-hydrogen) atoms. The number of nitrogens with two attached hydrogens (primary N) is 1. The van der Waals surface area contributed by atoms with Crippen molar-refractivity contribution in [3.05, 3.63) is 70.8 Å². The third-order valence-corrected chi connectivity index (χ3v) is 7.74. The number of aliphatic imine (C=N–C) groups is 1. The predicted octanol–water partition coefficient (Wildman–Crippen LogP) is 4.62. The Morgan fingerprint density at radius 3 is 2.69 bits per heavy atom. The summed E-state index contributed by atoms with van der Waals surface area (Å²) in [6.45, 7) is 7.28. The van der Waals surface area contributed by atoms with Crippen LogP contribution in [0.15, 0.2) is 46.2 Å². The van der Waals surface area contributed by atoms with Gasteiger partial charge in [0.1, 0.15) is 11.5 Å². The van der Waals surface area contributed by atoms with E-state index in [0.717, 1.165) is 5.69 Å².